The molecule has 2 heterocycles. The van der Waals surface area contributed by atoms with Crippen LogP contribution in [0.2, 0.25) is 0 Å². The van der Waals surface area contributed by atoms with Crippen LogP contribution in [-0.4, -0.2) is 18.1 Å². The first kappa shape index (κ1) is 13.2. The first-order chi connectivity index (χ1) is 10.2. The number of esters is 1. The number of anilines is 2. The van der Waals surface area contributed by atoms with Crippen molar-refractivity contribution in [3.8, 4) is 0 Å². The summed E-state index contributed by atoms with van der Waals surface area (Å²) in [6.45, 7) is 2.00. The summed E-state index contributed by atoms with van der Waals surface area (Å²) in [4.78, 5) is 16.0. The van der Waals surface area contributed by atoms with Gasteiger partial charge < -0.3 is 14.5 Å². The SMILES string of the molecule is COC(=O)c1oc2ncccc2c1Nc1cccc(C)c1. The third-order valence-corrected chi connectivity index (χ3v) is 3.12. The number of furan rings is 1. The third kappa shape index (κ3) is 2.45. The van der Waals surface area contributed by atoms with Crippen molar-refractivity contribution in [1.29, 1.82) is 0 Å². The molecule has 0 aliphatic rings. The summed E-state index contributed by atoms with van der Waals surface area (Å²) in [6, 6.07) is 11.5. The Morgan fingerprint density at radius 2 is 2.14 bits per heavy atom. The number of pyridine rings is 1. The number of benzene rings is 1. The number of hydrogen-bond donors (Lipinski definition) is 1. The molecule has 0 saturated heterocycles. The molecule has 1 aromatic carbocycles. The standard InChI is InChI=1S/C16H14N2O3/c1-10-5-3-6-11(9-10)18-13-12-7-4-8-17-15(12)21-14(13)16(19)20-2/h3-9,18H,1-2H3. The Hall–Kier alpha value is -2.82. The molecule has 106 valence electrons. The van der Waals surface area contributed by atoms with Gasteiger partial charge in [0.25, 0.3) is 0 Å². The fourth-order valence-electron chi connectivity index (χ4n) is 2.16. The number of aromatic nitrogens is 1. The van der Waals surface area contributed by atoms with Crippen LogP contribution in [0.25, 0.3) is 11.1 Å². The van der Waals surface area contributed by atoms with E-state index in [-0.39, 0.29) is 5.76 Å². The maximum Gasteiger partial charge on any atom is 0.376 e. The van der Waals surface area contributed by atoms with E-state index in [4.69, 9.17) is 9.15 Å². The molecule has 0 aliphatic heterocycles. The summed E-state index contributed by atoms with van der Waals surface area (Å²) in [6.07, 6.45) is 1.61. The minimum absolute atomic E-state index is 0.118. The van der Waals surface area contributed by atoms with Gasteiger partial charge in [-0.15, -0.1) is 0 Å². The average Bonchev–Trinajstić information content (AvgIpc) is 2.85. The Kier molecular flexibility index (Phi) is 3.31. The molecule has 0 unspecified atom stereocenters. The number of carbonyl (C=O) groups excluding carboxylic acids is 1. The van der Waals surface area contributed by atoms with Crippen LogP contribution in [-0.2, 0) is 4.74 Å². The predicted octanol–water partition coefficient (Wildman–Crippen LogP) is 3.67. The van der Waals surface area contributed by atoms with Gasteiger partial charge in [-0.25, -0.2) is 9.78 Å². The van der Waals surface area contributed by atoms with Gasteiger partial charge in [-0.1, -0.05) is 12.1 Å². The fraction of sp³-hybridized carbons (Fsp3) is 0.125. The van der Waals surface area contributed by atoms with Gasteiger partial charge in [0.1, 0.15) is 5.69 Å². The van der Waals surface area contributed by atoms with Crippen molar-refractivity contribution in [2.45, 2.75) is 6.92 Å². The molecule has 0 aliphatic carbocycles. The Bertz CT molecular complexity index is 808. The molecular weight excluding hydrogens is 268 g/mol. The number of aryl methyl sites for hydroxylation is 1. The highest BCUT2D eigenvalue weighted by Crippen LogP contribution is 2.32. The average molecular weight is 282 g/mol. The molecule has 0 saturated carbocycles. The van der Waals surface area contributed by atoms with Crippen molar-refractivity contribution < 1.29 is 13.9 Å². The van der Waals surface area contributed by atoms with Crippen molar-refractivity contribution in [3.63, 3.8) is 0 Å². The molecule has 0 bridgehead atoms. The van der Waals surface area contributed by atoms with Crippen LogP contribution < -0.4 is 5.32 Å². The van der Waals surface area contributed by atoms with Crippen LogP contribution in [0, 0.1) is 6.92 Å². The van der Waals surface area contributed by atoms with Gasteiger partial charge in [0.15, 0.2) is 0 Å². The highest BCUT2D eigenvalue weighted by Gasteiger charge is 2.22. The number of fused-ring (bicyclic) bond motifs is 1. The molecule has 5 nitrogen and oxygen atoms in total. The molecule has 2 aromatic heterocycles. The lowest BCUT2D eigenvalue weighted by Crippen LogP contribution is -2.03. The van der Waals surface area contributed by atoms with Crippen molar-refractivity contribution in [2.24, 2.45) is 0 Å². The smallest absolute Gasteiger partial charge is 0.376 e. The largest absolute Gasteiger partial charge is 0.463 e. The zero-order valence-corrected chi connectivity index (χ0v) is 11.7. The number of ether oxygens (including phenoxy) is 1. The summed E-state index contributed by atoms with van der Waals surface area (Å²) < 4.78 is 10.3. The lowest BCUT2D eigenvalue weighted by Gasteiger charge is -2.07. The topological polar surface area (TPSA) is 64.4 Å². The Morgan fingerprint density at radius 3 is 2.90 bits per heavy atom. The van der Waals surface area contributed by atoms with Gasteiger partial charge in [-0.05, 0) is 36.8 Å². The van der Waals surface area contributed by atoms with E-state index >= 15 is 0 Å². The first-order valence-corrected chi connectivity index (χ1v) is 6.48. The number of hydrogen-bond acceptors (Lipinski definition) is 5. The van der Waals surface area contributed by atoms with Gasteiger partial charge in [0.2, 0.25) is 11.5 Å². The predicted molar refractivity (Wildman–Crippen MR) is 79.8 cm³/mol. The maximum absolute atomic E-state index is 11.9. The molecule has 21 heavy (non-hydrogen) atoms. The van der Waals surface area contributed by atoms with Gasteiger partial charge in [0, 0.05) is 11.9 Å². The maximum atomic E-state index is 11.9. The van der Waals surface area contributed by atoms with E-state index in [1.54, 1.807) is 12.3 Å². The zero-order valence-electron chi connectivity index (χ0n) is 11.7. The second-order valence-corrected chi connectivity index (χ2v) is 4.65. The van der Waals surface area contributed by atoms with Crippen LogP contribution in [0.5, 0.6) is 0 Å². The first-order valence-electron chi connectivity index (χ1n) is 6.48. The van der Waals surface area contributed by atoms with E-state index in [1.165, 1.54) is 7.11 Å². The van der Waals surface area contributed by atoms with Crippen molar-refractivity contribution in [3.05, 3.63) is 53.9 Å². The van der Waals surface area contributed by atoms with E-state index < -0.39 is 5.97 Å². The summed E-state index contributed by atoms with van der Waals surface area (Å²) in [5, 5.41) is 3.95. The molecule has 0 amide bonds. The van der Waals surface area contributed by atoms with E-state index in [0.29, 0.717) is 11.4 Å². The lowest BCUT2D eigenvalue weighted by atomic mass is 10.2. The fourth-order valence-corrected chi connectivity index (χ4v) is 2.16. The van der Waals surface area contributed by atoms with Crippen LogP contribution in [0.3, 0.4) is 0 Å². The van der Waals surface area contributed by atoms with Crippen LogP contribution in [0.15, 0.2) is 47.0 Å². The van der Waals surface area contributed by atoms with Crippen molar-refractivity contribution in [2.75, 3.05) is 12.4 Å². The van der Waals surface area contributed by atoms with E-state index in [0.717, 1.165) is 16.6 Å². The summed E-state index contributed by atoms with van der Waals surface area (Å²) in [5.41, 5.74) is 2.95. The molecule has 3 aromatic rings. The summed E-state index contributed by atoms with van der Waals surface area (Å²) in [7, 11) is 1.32. The molecule has 5 heteroatoms. The van der Waals surface area contributed by atoms with Gasteiger partial charge in [-0.2, -0.15) is 0 Å². The third-order valence-electron chi connectivity index (χ3n) is 3.12. The normalized spacial score (nSPS) is 10.6. The van der Waals surface area contributed by atoms with E-state index in [1.807, 2.05) is 37.3 Å². The molecule has 3 rings (SSSR count). The number of carbonyl (C=O) groups is 1. The number of rotatable bonds is 3. The highest BCUT2D eigenvalue weighted by molar-refractivity contribution is 6.04. The lowest BCUT2D eigenvalue weighted by molar-refractivity contribution is 0.0569. The van der Waals surface area contributed by atoms with E-state index in [2.05, 4.69) is 10.3 Å². The monoisotopic (exact) mass is 282 g/mol. The molecular formula is C16H14N2O3. The molecule has 0 radical (unpaired) electrons. The van der Waals surface area contributed by atoms with Crippen molar-refractivity contribution >= 4 is 28.4 Å². The van der Waals surface area contributed by atoms with Gasteiger partial charge in [-0.3, -0.25) is 0 Å². The summed E-state index contributed by atoms with van der Waals surface area (Å²) >= 11 is 0. The molecule has 1 N–H and O–H groups in total. The Morgan fingerprint density at radius 1 is 1.29 bits per heavy atom. The highest BCUT2D eigenvalue weighted by atomic mass is 16.5. The van der Waals surface area contributed by atoms with Crippen LogP contribution in [0.4, 0.5) is 11.4 Å². The quantitative estimate of drug-likeness (QED) is 0.742. The Balaban J connectivity index is 2.13. The zero-order chi connectivity index (χ0) is 14.8. The number of methoxy groups -OCH3 is 1. The van der Waals surface area contributed by atoms with E-state index in [9.17, 15) is 4.79 Å². The van der Waals surface area contributed by atoms with Gasteiger partial charge >= 0.3 is 5.97 Å². The Labute approximate surface area is 121 Å². The number of nitrogens with one attached hydrogen (secondary N) is 1. The number of nitrogens with zero attached hydrogens (tertiary/aromatic N) is 1. The molecule has 0 fully saturated rings. The van der Waals surface area contributed by atoms with Gasteiger partial charge in [0.05, 0.1) is 12.5 Å². The second-order valence-electron chi connectivity index (χ2n) is 4.65. The molecule has 0 spiro atoms. The van der Waals surface area contributed by atoms with Crippen LogP contribution in [0.1, 0.15) is 16.1 Å². The molecule has 0 atom stereocenters. The minimum atomic E-state index is -0.539. The summed E-state index contributed by atoms with van der Waals surface area (Å²) in [5.74, 6) is -0.421. The minimum Gasteiger partial charge on any atom is -0.463 e. The van der Waals surface area contributed by atoms with Crippen molar-refractivity contribution in [1.82, 2.24) is 4.98 Å². The van der Waals surface area contributed by atoms with Crippen LogP contribution >= 0.6 is 0 Å². The second kappa shape index (κ2) is 5.28.